The van der Waals surface area contributed by atoms with Crippen LogP contribution in [0.25, 0.3) is 40.6 Å². The lowest BCUT2D eigenvalue weighted by molar-refractivity contribution is 1.31. The predicted octanol–water partition coefficient (Wildman–Crippen LogP) is 9.76. The highest BCUT2D eigenvalue weighted by atomic mass is 33.1. The van der Waals surface area contributed by atoms with E-state index in [9.17, 15) is 0 Å². The summed E-state index contributed by atoms with van der Waals surface area (Å²) < 4.78 is 7.39. The van der Waals surface area contributed by atoms with Gasteiger partial charge in [-0.15, -0.1) is 34.0 Å². The lowest BCUT2D eigenvalue weighted by atomic mass is 10.2. The number of rotatable bonds is 3. The van der Waals surface area contributed by atoms with Crippen molar-refractivity contribution < 1.29 is 0 Å². The Kier molecular flexibility index (Phi) is 6.05. The van der Waals surface area contributed by atoms with Crippen LogP contribution in [0.15, 0.2) is 106 Å². The number of fused-ring (bicyclic) bond motifs is 5. The van der Waals surface area contributed by atoms with E-state index in [0.29, 0.717) is 0 Å². The molecular weight excluding hydrogens is 501 g/mol. The molecule has 0 radical (unpaired) electrons. The molecule has 3 aromatic heterocycles. The van der Waals surface area contributed by atoms with Crippen LogP contribution >= 0.6 is 55.6 Å². The standard InChI is InChI=1S/C14H8N2S4.C12H8S/c1-3-7-11-9(5-1)15-13(17-11)19-20-14-16-10-6-2-4-8-12(10)18-14;1-3-7-11-9(5-1)10-6-2-4-8-12(10)13-11/h1-8H;1-8H. The Morgan fingerprint density at radius 2 is 0.818 bits per heavy atom. The Labute approximate surface area is 210 Å². The molecule has 0 fully saturated rings. The van der Waals surface area contributed by atoms with Gasteiger partial charge in [-0.25, -0.2) is 9.97 Å². The third kappa shape index (κ3) is 4.52. The molecule has 0 unspecified atom stereocenters. The zero-order valence-corrected chi connectivity index (χ0v) is 21.3. The first-order chi connectivity index (χ1) is 16.3. The van der Waals surface area contributed by atoms with Crippen LogP contribution in [0.5, 0.6) is 0 Å². The summed E-state index contributed by atoms with van der Waals surface area (Å²) in [6.07, 6.45) is 0. The van der Waals surface area contributed by atoms with Gasteiger partial charge in [0.05, 0.1) is 20.4 Å². The third-order valence-corrected chi connectivity index (χ3v) is 11.2. The second-order valence-electron chi connectivity index (χ2n) is 7.16. The van der Waals surface area contributed by atoms with Gasteiger partial charge in [0.15, 0.2) is 8.68 Å². The molecule has 7 heteroatoms. The molecule has 0 aliphatic carbocycles. The number of aromatic nitrogens is 2. The number of thiophene rings is 1. The first-order valence-electron chi connectivity index (χ1n) is 10.3. The van der Waals surface area contributed by atoms with Gasteiger partial charge in [0.2, 0.25) is 0 Å². The van der Waals surface area contributed by atoms with Crippen molar-refractivity contribution in [2.75, 3.05) is 0 Å². The smallest absolute Gasteiger partial charge is 0.162 e. The van der Waals surface area contributed by atoms with Gasteiger partial charge in [-0.3, -0.25) is 0 Å². The summed E-state index contributed by atoms with van der Waals surface area (Å²) in [7, 11) is 3.37. The maximum absolute atomic E-state index is 4.62. The zero-order chi connectivity index (χ0) is 22.0. The second kappa shape index (κ2) is 9.44. The van der Waals surface area contributed by atoms with Crippen LogP contribution in [0.2, 0.25) is 0 Å². The van der Waals surface area contributed by atoms with Crippen molar-refractivity contribution in [3.05, 3.63) is 97.1 Å². The summed E-state index contributed by atoms with van der Waals surface area (Å²) in [6.45, 7) is 0. The van der Waals surface area contributed by atoms with Gasteiger partial charge in [0.25, 0.3) is 0 Å². The van der Waals surface area contributed by atoms with Crippen LogP contribution in [0.4, 0.5) is 0 Å². The molecule has 0 amide bonds. The summed E-state index contributed by atoms with van der Waals surface area (Å²) in [4.78, 5) is 9.24. The van der Waals surface area contributed by atoms with Crippen LogP contribution in [-0.4, -0.2) is 9.97 Å². The SMILES string of the molecule is c1ccc2c(c1)sc1ccccc12.c1ccc2sc(SSc3nc4ccccc4s3)nc2c1. The number of thiazole rings is 2. The van der Waals surface area contributed by atoms with E-state index in [1.165, 1.54) is 29.6 Å². The van der Waals surface area contributed by atoms with Gasteiger partial charge in [-0.2, -0.15) is 0 Å². The molecule has 0 aliphatic heterocycles. The number of nitrogens with zero attached hydrogens (tertiary/aromatic N) is 2. The summed E-state index contributed by atoms with van der Waals surface area (Å²) >= 11 is 5.32. The average Bonchev–Trinajstić information content (AvgIpc) is 3.57. The molecule has 33 heavy (non-hydrogen) atoms. The van der Waals surface area contributed by atoms with Gasteiger partial charge in [0.1, 0.15) is 0 Å². The Balaban J connectivity index is 0.000000137. The molecule has 3 heterocycles. The predicted molar refractivity (Wildman–Crippen MR) is 150 cm³/mol. The quantitative estimate of drug-likeness (QED) is 0.218. The van der Waals surface area contributed by atoms with Crippen LogP contribution in [0.3, 0.4) is 0 Å². The minimum absolute atomic E-state index is 1.07. The summed E-state index contributed by atoms with van der Waals surface area (Å²) in [5.41, 5.74) is 2.15. The second-order valence-corrected chi connectivity index (χ2v) is 12.9. The van der Waals surface area contributed by atoms with Crippen molar-refractivity contribution in [1.29, 1.82) is 0 Å². The van der Waals surface area contributed by atoms with Crippen molar-refractivity contribution in [1.82, 2.24) is 9.97 Å². The fraction of sp³-hybridized carbons (Fsp3) is 0. The Morgan fingerprint density at radius 3 is 1.27 bits per heavy atom. The molecule has 160 valence electrons. The van der Waals surface area contributed by atoms with Crippen LogP contribution in [-0.2, 0) is 0 Å². The number of hydrogen-bond donors (Lipinski definition) is 0. The summed E-state index contributed by atoms with van der Waals surface area (Å²) in [5, 5.41) is 2.76. The fourth-order valence-electron chi connectivity index (χ4n) is 3.52. The van der Waals surface area contributed by atoms with Crippen LogP contribution in [0.1, 0.15) is 0 Å². The van der Waals surface area contributed by atoms with Crippen molar-refractivity contribution in [2.45, 2.75) is 8.68 Å². The largest absolute Gasteiger partial charge is 0.229 e. The van der Waals surface area contributed by atoms with Gasteiger partial charge in [-0.05, 0) is 58.0 Å². The number of hydrogen-bond acceptors (Lipinski definition) is 7. The Hall–Kier alpha value is -2.42. The van der Waals surface area contributed by atoms with Gasteiger partial charge >= 0.3 is 0 Å². The van der Waals surface area contributed by atoms with Gasteiger partial charge in [0, 0.05) is 20.2 Å². The monoisotopic (exact) mass is 516 g/mol. The molecule has 0 saturated carbocycles. The van der Waals surface area contributed by atoms with E-state index in [2.05, 4.69) is 94.9 Å². The van der Waals surface area contributed by atoms with E-state index in [-0.39, 0.29) is 0 Å². The lowest BCUT2D eigenvalue weighted by Gasteiger charge is -1.90. The van der Waals surface area contributed by atoms with E-state index in [0.717, 1.165) is 19.7 Å². The Bertz CT molecular complexity index is 1500. The number of para-hydroxylation sites is 2. The first-order valence-corrected chi connectivity index (χ1v) is 14.9. The maximum atomic E-state index is 4.62. The molecule has 0 aliphatic rings. The maximum Gasteiger partial charge on any atom is 0.162 e. The van der Waals surface area contributed by atoms with E-state index in [1.54, 1.807) is 44.3 Å². The van der Waals surface area contributed by atoms with Crippen molar-refractivity contribution in [3.8, 4) is 0 Å². The molecule has 7 aromatic rings. The first kappa shape index (κ1) is 21.1. The topological polar surface area (TPSA) is 25.8 Å². The fourth-order valence-corrected chi connectivity index (χ4v) is 9.12. The minimum Gasteiger partial charge on any atom is -0.229 e. The third-order valence-electron chi connectivity index (χ3n) is 5.02. The van der Waals surface area contributed by atoms with E-state index < -0.39 is 0 Å². The summed E-state index contributed by atoms with van der Waals surface area (Å²) in [6, 6.07) is 33.6. The highest BCUT2D eigenvalue weighted by Crippen LogP contribution is 2.43. The molecule has 0 saturated heterocycles. The Morgan fingerprint density at radius 1 is 0.424 bits per heavy atom. The van der Waals surface area contributed by atoms with Gasteiger partial charge < -0.3 is 0 Å². The van der Waals surface area contributed by atoms with Gasteiger partial charge in [-0.1, -0.05) is 60.7 Å². The molecule has 0 bridgehead atoms. The zero-order valence-electron chi connectivity index (χ0n) is 17.2. The van der Waals surface area contributed by atoms with Crippen LogP contribution in [0, 0.1) is 0 Å². The highest BCUT2D eigenvalue weighted by molar-refractivity contribution is 8.77. The van der Waals surface area contributed by atoms with Crippen LogP contribution < -0.4 is 0 Å². The average molecular weight is 517 g/mol. The molecule has 7 rings (SSSR count). The molecule has 0 spiro atoms. The lowest BCUT2D eigenvalue weighted by Crippen LogP contribution is -1.67. The summed E-state index contributed by atoms with van der Waals surface area (Å²) in [5.74, 6) is 0. The van der Waals surface area contributed by atoms with Crippen molar-refractivity contribution >= 4 is 96.2 Å². The van der Waals surface area contributed by atoms with E-state index >= 15 is 0 Å². The molecule has 4 aromatic carbocycles. The molecule has 2 nitrogen and oxygen atoms in total. The normalized spacial score (nSPS) is 11.3. The van der Waals surface area contributed by atoms with E-state index in [4.69, 9.17) is 0 Å². The molecule has 0 N–H and O–H groups in total. The van der Waals surface area contributed by atoms with Crippen molar-refractivity contribution in [3.63, 3.8) is 0 Å². The van der Waals surface area contributed by atoms with Crippen molar-refractivity contribution in [2.24, 2.45) is 0 Å². The number of benzene rings is 4. The van der Waals surface area contributed by atoms with E-state index in [1.807, 2.05) is 23.5 Å². The highest BCUT2D eigenvalue weighted by Gasteiger charge is 2.08. The minimum atomic E-state index is 1.07. The molecule has 0 atom stereocenters. The molecular formula is C26H16N2S5.